The summed E-state index contributed by atoms with van der Waals surface area (Å²) < 4.78 is 1.61. The summed E-state index contributed by atoms with van der Waals surface area (Å²) in [5.41, 5.74) is 5.36. The van der Waals surface area contributed by atoms with E-state index < -0.39 is 0 Å². The molecule has 1 aromatic rings. The number of hydrogen-bond acceptors (Lipinski definition) is 4. The summed E-state index contributed by atoms with van der Waals surface area (Å²) >= 11 is 0. The Balaban J connectivity index is 3.02. The van der Waals surface area contributed by atoms with Gasteiger partial charge >= 0.3 is 0 Å². The monoisotopic (exact) mass is 251 g/mol. The number of aromatic nitrogens is 2. The van der Waals surface area contributed by atoms with Crippen molar-refractivity contribution in [3.63, 3.8) is 0 Å². The van der Waals surface area contributed by atoms with Gasteiger partial charge in [-0.05, 0) is 13.8 Å². The summed E-state index contributed by atoms with van der Waals surface area (Å²) in [6.07, 6.45) is 3.30. The lowest BCUT2D eigenvalue weighted by molar-refractivity contribution is 0.663. The van der Waals surface area contributed by atoms with E-state index >= 15 is 0 Å². The van der Waals surface area contributed by atoms with Crippen LogP contribution >= 0.6 is 0 Å². The van der Waals surface area contributed by atoms with Gasteiger partial charge in [0.2, 0.25) is 0 Å². The largest absolute Gasteiger partial charge is 0.387 e. The first-order chi connectivity index (χ1) is 8.51. The molecule has 0 aliphatic carbocycles. The molecule has 6 heteroatoms. The van der Waals surface area contributed by atoms with Crippen molar-refractivity contribution in [3.8, 4) is 0 Å². The second-order valence-electron chi connectivity index (χ2n) is 4.24. The molecule has 3 N–H and O–H groups in total. The van der Waals surface area contributed by atoms with Crippen molar-refractivity contribution in [3.05, 3.63) is 22.7 Å². The van der Waals surface area contributed by atoms with Crippen molar-refractivity contribution < 1.29 is 0 Å². The van der Waals surface area contributed by atoms with E-state index in [0.717, 1.165) is 0 Å². The second kappa shape index (κ2) is 6.18. The fourth-order valence-electron chi connectivity index (χ4n) is 1.70. The number of aryl methyl sites for hydroxylation is 1. The highest BCUT2D eigenvalue weighted by Gasteiger charge is 2.16. The fourth-order valence-corrected chi connectivity index (χ4v) is 1.70. The van der Waals surface area contributed by atoms with Gasteiger partial charge in [-0.25, -0.2) is 4.98 Å². The third-order valence-electron chi connectivity index (χ3n) is 2.94. The van der Waals surface area contributed by atoms with Crippen LogP contribution in [0.15, 0.2) is 17.2 Å². The lowest BCUT2D eigenvalue weighted by Gasteiger charge is -2.24. The molecule has 1 heterocycles. The zero-order valence-corrected chi connectivity index (χ0v) is 11.2. The minimum atomic E-state index is -0.0994. The van der Waals surface area contributed by atoms with Crippen molar-refractivity contribution in [2.24, 2.45) is 11.7 Å². The van der Waals surface area contributed by atoms with Crippen LogP contribution in [0.2, 0.25) is 0 Å². The Kier molecular flexibility index (Phi) is 4.88. The maximum absolute atomic E-state index is 12.1. The van der Waals surface area contributed by atoms with Crippen LogP contribution in [0.25, 0.3) is 0 Å². The molecule has 0 saturated carbocycles. The number of rotatable bonds is 6. The van der Waals surface area contributed by atoms with E-state index in [4.69, 9.17) is 11.1 Å². The minimum Gasteiger partial charge on any atom is -0.387 e. The molecule has 0 aromatic carbocycles. The number of hydrogen-bond donors (Lipinski definition) is 2. The molecule has 1 rings (SSSR count). The van der Waals surface area contributed by atoms with Crippen molar-refractivity contribution >= 4 is 11.7 Å². The summed E-state index contributed by atoms with van der Waals surface area (Å²) in [6, 6.07) is 0. The first-order valence-electron chi connectivity index (χ1n) is 6.15. The van der Waals surface area contributed by atoms with Gasteiger partial charge in [0.15, 0.2) is 5.82 Å². The normalized spacial score (nSPS) is 12.2. The molecule has 0 fully saturated rings. The molecule has 0 spiro atoms. The van der Waals surface area contributed by atoms with Crippen molar-refractivity contribution in [1.82, 2.24) is 9.55 Å². The fraction of sp³-hybridized carbons (Fsp3) is 0.583. The topological polar surface area (TPSA) is 88.0 Å². The highest BCUT2D eigenvalue weighted by atomic mass is 16.1. The van der Waals surface area contributed by atoms with Crippen LogP contribution in [0.3, 0.4) is 0 Å². The van der Waals surface area contributed by atoms with E-state index in [1.807, 2.05) is 25.7 Å². The highest BCUT2D eigenvalue weighted by molar-refractivity contribution is 5.79. The number of nitrogens with two attached hydrogens (primary N) is 1. The molecule has 18 heavy (non-hydrogen) atoms. The molecule has 0 bridgehead atoms. The smallest absolute Gasteiger partial charge is 0.293 e. The molecular weight excluding hydrogens is 230 g/mol. The lowest BCUT2D eigenvalue weighted by Crippen LogP contribution is -2.39. The van der Waals surface area contributed by atoms with Crippen LogP contribution in [0, 0.1) is 11.3 Å². The zero-order chi connectivity index (χ0) is 13.7. The number of anilines is 1. The highest BCUT2D eigenvalue weighted by Crippen LogP contribution is 2.07. The molecule has 0 amide bonds. The minimum absolute atomic E-state index is 0.0959. The Morgan fingerprint density at radius 3 is 2.78 bits per heavy atom. The summed E-state index contributed by atoms with van der Waals surface area (Å²) in [7, 11) is 0. The van der Waals surface area contributed by atoms with Gasteiger partial charge in [-0.1, -0.05) is 6.92 Å². The van der Waals surface area contributed by atoms with E-state index in [9.17, 15) is 4.79 Å². The van der Waals surface area contributed by atoms with Gasteiger partial charge in [-0.2, -0.15) is 0 Å². The Morgan fingerprint density at radius 2 is 2.28 bits per heavy atom. The third kappa shape index (κ3) is 3.09. The Morgan fingerprint density at radius 1 is 1.61 bits per heavy atom. The first-order valence-corrected chi connectivity index (χ1v) is 6.15. The molecular formula is C12H21N5O. The summed E-state index contributed by atoms with van der Waals surface area (Å²) in [5.74, 6) is 0.455. The molecule has 0 radical (unpaired) electrons. The molecule has 0 aliphatic rings. The van der Waals surface area contributed by atoms with E-state index in [1.165, 1.54) is 0 Å². The molecule has 0 aliphatic heterocycles. The molecule has 1 unspecified atom stereocenters. The van der Waals surface area contributed by atoms with E-state index in [1.54, 1.807) is 17.0 Å². The molecule has 0 saturated heterocycles. The van der Waals surface area contributed by atoms with Gasteiger partial charge in [-0.3, -0.25) is 10.2 Å². The van der Waals surface area contributed by atoms with Crippen molar-refractivity contribution in [2.45, 2.75) is 27.3 Å². The van der Waals surface area contributed by atoms with Crippen LogP contribution in [0.5, 0.6) is 0 Å². The second-order valence-corrected chi connectivity index (χ2v) is 4.24. The molecule has 6 nitrogen and oxygen atoms in total. The molecule has 100 valence electrons. The first kappa shape index (κ1) is 14.2. The van der Waals surface area contributed by atoms with Gasteiger partial charge in [0, 0.05) is 37.9 Å². The summed E-state index contributed by atoms with van der Waals surface area (Å²) in [6.45, 7) is 7.55. The lowest BCUT2D eigenvalue weighted by atomic mass is 10.1. The SMILES string of the molecule is CCN(CC(C)C(=N)N)c1nccn(CC)c1=O. The van der Waals surface area contributed by atoms with Gasteiger partial charge in [0.25, 0.3) is 5.56 Å². The number of nitrogens with zero attached hydrogens (tertiary/aromatic N) is 3. The third-order valence-corrected chi connectivity index (χ3v) is 2.94. The van der Waals surface area contributed by atoms with E-state index in [0.29, 0.717) is 25.5 Å². The zero-order valence-electron chi connectivity index (χ0n) is 11.2. The van der Waals surface area contributed by atoms with Gasteiger partial charge in [0.05, 0.1) is 5.84 Å². The molecule has 1 aromatic heterocycles. The van der Waals surface area contributed by atoms with Crippen LogP contribution in [-0.2, 0) is 6.54 Å². The van der Waals surface area contributed by atoms with E-state index in [2.05, 4.69) is 4.98 Å². The average Bonchev–Trinajstić information content (AvgIpc) is 2.36. The van der Waals surface area contributed by atoms with Gasteiger partial charge in [-0.15, -0.1) is 0 Å². The number of nitrogens with one attached hydrogen (secondary N) is 1. The van der Waals surface area contributed by atoms with Gasteiger partial charge in [0.1, 0.15) is 0 Å². The van der Waals surface area contributed by atoms with Crippen LogP contribution in [-0.4, -0.2) is 28.5 Å². The predicted molar refractivity (Wildman–Crippen MR) is 73.1 cm³/mol. The number of amidine groups is 1. The summed E-state index contributed by atoms with van der Waals surface area (Å²) in [5, 5.41) is 7.41. The standard InChI is InChI=1S/C12H21N5O/c1-4-16-7-6-15-11(12(16)18)17(5-2)8-9(3)10(13)14/h6-7,9H,4-5,8H2,1-3H3,(H3,13,14). The predicted octanol–water partition coefficient (Wildman–Crippen LogP) is 0.662. The average molecular weight is 251 g/mol. The van der Waals surface area contributed by atoms with Crippen molar-refractivity contribution in [1.29, 1.82) is 5.41 Å². The van der Waals surface area contributed by atoms with Crippen LogP contribution in [0.4, 0.5) is 5.82 Å². The van der Waals surface area contributed by atoms with Crippen LogP contribution < -0.4 is 16.2 Å². The van der Waals surface area contributed by atoms with Gasteiger partial charge < -0.3 is 15.2 Å². The van der Waals surface area contributed by atoms with Crippen LogP contribution in [0.1, 0.15) is 20.8 Å². The van der Waals surface area contributed by atoms with E-state index in [-0.39, 0.29) is 17.3 Å². The quantitative estimate of drug-likeness (QED) is 0.574. The Labute approximate surface area is 107 Å². The summed E-state index contributed by atoms with van der Waals surface area (Å²) in [4.78, 5) is 18.1. The molecule has 1 atom stereocenters. The maximum Gasteiger partial charge on any atom is 0.293 e. The maximum atomic E-state index is 12.1. The Bertz CT molecular complexity index is 468. The van der Waals surface area contributed by atoms with Crippen molar-refractivity contribution in [2.75, 3.05) is 18.0 Å². The Hall–Kier alpha value is -1.85.